The van der Waals surface area contributed by atoms with E-state index in [0.29, 0.717) is 6.42 Å². The molecule has 0 spiro atoms. The smallest absolute Gasteiger partial charge is 0.245 e. The second-order valence-electron chi connectivity index (χ2n) is 14.0. The Morgan fingerprint density at radius 3 is 1.83 bits per heavy atom. The molecule has 0 bridgehead atoms. The van der Waals surface area contributed by atoms with Gasteiger partial charge in [-0.2, -0.15) is 11.3 Å². The molecule has 9 nitrogen and oxygen atoms in total. The van der Waals surface area contributed by atoms with Crippen molar-refractivity contribution < 1.29 is 9.59 Å². The summed E-state index contributed by atoms with van der Waals surface area (Å²) >= 11 is 1.62. The number of benzene rings is 3. The molecular weight excluding hydrogens is 667 g/mol. The SMILES string of the molecule is CN(C)[C@@H](C(=O)N1CCC[C@H]1c1ncc(-c2ccc(-c3ccc(-c4cnc([C@@H]5CCCN5C(=O)Cc5ccsc5)[nH]4)cc3)cc2)[nH]1)c1ccccc1. The van der Waals surface area contributed by atoms with Crippen LogP contribution < -0.4 is 0 Å². The van der Waals surface area contributed by atoms with E-state index in [1.165, 1.54) is 0 Å². The maximum absolute atomic E-state index is 13.9. The molecule has 6 aromatic rings. The van der Waals surface area contributed by atoms with Crippen LogP contribution in [-0.4, -0.2) is 73.6 Å². The van der Waals surface area contributed by atoms with Gasteiger partial charge in [0.15, 0.2) is 0 Å². The molecule has 0 radical (unpaired) electrons. The first-order chi connectivity index (χ1) is 25.4. The quantitative estimate of drug-likeness (QED) is 0.150. The number of H-pyrrole nitrogens is 2. The fraction of sp³-hybridized carbons (Fsp3) is 0.286. The van der Waals surface area contributed by atoms with Crippen LogP contribution >= 0.6 is 11.3 Å². The number of amides is 2. The molecule has 10 heteroatoms. The summed E-state index contributed by atoms with van der Waals surface area (Å²) in [6.45, 7) is 1.49. The predicted octanol–water partition coefficient (Wildman–Crippen LogP) is 8.07. The van der Waals surface area contributed by atoms with Gasteiger partial charge in [-0.3, -0.25) is 14.5 Å². The third kappa shape index (κ3) is 6.83. The lowest BCUT2D eigenvalue weighted by Gasteiger charge is -2.31. The van der Waals surface area contributed by atoms with Gasteiger partial charge in [-0.25, -0.2) is 9.97 Å². The third-order valence-corrected chi connectivity index (χ3v) is 11.2. The van der Waals surface area contributed by atoms with Gasteiger partial charge in [0.05, 0.1) is 42.3 Å². The number of nitrogens with one attached hydrogen (secondary N) is 2. The fourth-order valence-electron chi connectivity index (χ4n) is 7.78. The fourth-order valence-corrected chi connectivity index (χ4v) is 8.45. The molecule has 264 valence electrons. The Balaban J connectivity index is 0.925. The molecule has 0 saturated carbocycles. The third-order valence-electron chi connectivity index (χ3n) is 10.5. The Morgan fingerprint density at radius 2 is 1.29 bits per heavy atom. The van der Waals surface area contributed by atoms with Crippen LogP contribution in [0.5, 0.6) is 0 Å². The minimum Gasteiger partial charge on any atom is -0.340 e. The Hall–Kier alpha value is -5.32. The van der Waals surface area contributed by atoms with Gasteiger partial charge in [0.2, 0.25) is 11.8 Å². The highest BCUT2D eigenvalue weighted by Gasteiger charge is 2.37. The molecule has 0 aliphatic carbocycles. The van der Waals surface area contributed by atoms with Crippen LogP contribution in [0.25, 0.3) is 33.6 Å². The number of carbonyl (C=O) groups excluding carboxylic acids is 2. The number of aromatic nitrogens is 4. The molecule has 2 fully saturated rings. The second-order valence-corrected chi connectivity index (χ2v) is 14.8. The number of imidazole rings is 2. The first kappa shape index (κ1) is 33.8. The zero-order valence-electron chi connectivity index (χ0n) is 29.5. The molecule has 3 atom stereocenters. The summed E-state index contributed by atoms with van der Waals surface area (Å²) in [5.41, 5.74) is 8.30. The highest BCUT2D eigenvalue weighted by atomic mass is 32.1. The van der Waals surface area contributed by atoms with Crippen molar-refractivity contribution in [3.63, 3.8) is 0 Å². The van der Waals surface area contributed by atoms with E-state index in [4.69, 9.17) is 9.97 Å². The number of likely N-dealkylation sites (tertiary alicyclic amines) is 2. The summed E-state index contributed by atoms with van der Waals surface area (Å²) in [6.07, 6.45) is 7.93. The normalized spacial score (nSPS) is 18.0. The van der Waals surface area contributed by atoms with E-state index < -0.39 is 0 Å². The van der Waals surface area contributed by atoms with E-state index in [2.05, 4.69) is 58.5 Å². The molecule has 3 aromatic heterocycles. The lowest BCUT2D eigenvalue weighted by Crippen LogP contribution is -2.40. The summed E-state index contributed by atoms with van der Waals surface area (Å²) in [4.78, 5) is 49.5. The van der Waals surface area contributed by atoms with Crippen LogP contribution in [0.3, 0.4) is 0 Å². The van der Waals surface area contributed by atoms with Gasteiger partial charge in [0.25, 0.3) is 0 Å². The summed E-state index contributed by atoms with van der Waals surface area (Å²) < 4.78 is 0. The van der Waals surface area contributed by atoms with Gasteiger partial charge in [0, 0.05) is 13.1 Å². The van der Waals surface area contributed by atoms with E-state index in [9.17, 15) is 9.59 Å². The van der Waals surface area contributed by atoms with Crippen LogP contribution in [0.15, 0.2) is 108 Å². The average molecular weight is 710 g/mol. The molecule has 8 rings (SSSR count). The lowest BCUT2D eigenvalue weighted by molar-refractivity contribution is -0.137. The van der Waals surface area contributed by atoms with Gasteiger partial charge in [0.1, 0.15) is 17.7 Å². The summed E-state index contributed by atoms with van der Waals surface area (Å²) in [5, 5.41) is 4.06. The van der Waals surface area contributed by atoms with Gasteiger partial charge in [-0.15, -0.1) is 0 Å². The number of nitrogens with zero attached hydrogens (tertiary/aromatic N) is 5. The molecule has 0 unspecified atom stereocenters. The Bertz CT molecular complexity index is 2120. The first-order valence-electron chi connectivity index (χ1n) is 18.1. The zero-order valence-corrected chi connectivity index (χ0v) is 30.4. The van der Waals surface area contributed by atoms with Crippen molar-refractivity contribution in [3.8, 4) is 33.6 Å². The minimum absolute atomic E-state index is 0.0155. The second kappa shape index (κ2) is 14.7. The van der Waals surface area contributed by atoms with Gasteiger partial charge < -0.3 is 19.8 Å². The molecule has 5 heterocycles. The molecule has 3 aromatic carbocycles. The van der Waals surface area contributed by atoms with Crippen molar-refractivity contribution in [2.45, 2.75) is 50.2 Å². The number of carbonyl (C=O) groups is 2. The van der Waals surface area contributed by atoms with Gasteiger partial charge >= 0.3 is 0 Å². The highest BCUT2D eigenvalue weighted by Crippen LogP contribution is 2.36. The Kier molecular flexibility index (Phi) is 9.58. The number of likely N-dealkylation sites (N-methyl/N-ethyl adjacent to an activating group) is 1. The van der Waals surface area contributed by atoms with E-state index in [1.807, 2.05) is 88.3 Å². The lowest BCUT2D eigenvalue weighted by atomic mass is 10.0. The monoisotopic (exact) mass is 709 g/mol. The van der Waals surface area contributed by atoms with Crippen molar-refractivity contribution in [2.75, 3.05) is 27.2 Å². The number of aromatic amines is 2. The van der Waals surface area contributed by atoms with Crippen molar-refractivity contribution >= 4 is 23.2 Å². The minimum atomic E-state index is -0.337. The summed E-state index contributed by atoms with van der Waals surface area (Å²) in [6, 6.07) is 28.6. The maximum Gasteiger partial charge on any atom is 0.245 e. The zero-order chi connectivity index (χ0) is 35.6. The van der Waals surface area contributed by atoms with Crippen LogP contribution in [-0.2, 0) is 16.0 Å². The number of hydrogen-bond donors (Lipinski definition) is 2. The Labute approximate surface area is 308 Å². The van der Waals surface area contributed by atoms with Crippen molar-refractivity contribution in [2.24, 2.45) is 0 Å². The van der Waals surface area contributed by atoms with E-state index in [-0.39, 0.29) is 29.9 Å². The van der Waals surface area contributed by atoms with Crippen LogP contribution in [0, 0.1) is 0 Å². The first-order valence-corrected chi connectivity index (χ1v) is 19.0. The van der Waals surface area contributed by atoms with Crippen LogP contribution in [0.1, 0.15) is 66.6 Å². The topological polar surface area (TPSA) is 101 Å². The van der Waals surface area contributed by atoms with E-state index >= 15 is 0 Å². The molecule has 2 saturated heterocycles. The largest absolute Gasteiger partial charge is 0.340 e. The van der Waals surface area contributed by atoms with Crippen LogP contribution in [0.4, 0.5) is 0 Å². The number of rotatable bonds is 10. The van der Waals surface area contributed by atoms with E-state index in [1.54, 1.807) is 11.3 Å². The van der Waals surface area contributed by atoms with Crippen molar-refractivity contribution in [3.05, 3.63) is 131 Å². The van der Waals surface area contributed by atoms with Crippen molar-refractivity contribution in [1.29, 1.82) is 0 Å². The molecule has 2 aliphatic rings. The predicted molar refractivity (Wildman–Crippen MR) is 205 cm³/mol. The highest BCUT2D eigenvalue weighted by molar-refractivity contribution is 7.08. The summed E-state index contributed by atoms with van der Waals surface area (Å²) in [7, 11) is 3.92. The molecule has 2 N–H and O–H groups in total. The molecule has 2 amide bonds. The van der Waals surface area contributed by atoms with E-state index in [0.717, 1.165) is 95.2 Å². The maximum atomic E-state index is 13.9. The number of thiophene rings is 1. The standard InChI is InChI=1S/C42H43N7O2S/c1-47(2)39(33-8-4-3-5-9-33)42(51)49-22-7-11-37(49)41-44-26-35(46-41)32-18-14-30(15-19-32)29-12-16-31(17-13-29)34-25-43-40(45-34)36-10-6-21-48(36)38(50)24-28-20-23-52-27-28/h3-5,8-9,12-20,23,25-27,36-37,39H,6-7,10-11,21-22,24H2,1-2H3,(H,43,45)(H,44,46)/t36-,37-,39+/m0/s1. The van der Waals surface area contributed by atoms with Crippen molar-refractivity contribution in [1.82, 2.24) is 34.6 Å². The molecule has 52 heavy (non-hydrogen) atoms. The molecule has 2 aliphatic heterocycles. The Morgan fingerprint density at radius 1 is 0.750 bits per heavy atom. The summed E-state index contributed by atoms with van der Waals surface area (Å²) in [5.74, 6) is 1.95. The number of hydrogen-bond acceptors (Lipinski definition) is 6. The molecular formula is C42H43N7O2S. The van der Waals surface area contributed by atoms with Gasteiger partial charge in [-0.1, -0.05) is 78.9 Å². The van der Waals surface area contributed by atoms with Gasteiger partial charge in [-0.05, 0) is 90.0 Å². The average Bonchev–Trinajstić information content (AvgIpc) is 4.02. The van der Waals surface area contributed by atoms with Crippen LogP contribution in [0.2, 0.25) is 0 Å².